The van der Waals surface area contributed by atoms with Gasteiger partial charge in [-0.2, -0.15) is 0 Å². The molecule has 2 unspecified atom stereocenters. The third kappa shape index (κ3) is 5.22. The van der Waals surface area contributed by atoms with Gasteiger partial charge in [-0.1, -0.05) is 0 Å². The molecule has 2 rings (SSSR count). The van der Waals surface area contributed by atoms with Crippen LogP contribution in [-0.4, -0.2) is 92.6 Å². The van der Waals surface area contributed by atoms with Gasteiger partial charge >= 0.3 is 0 Å². The highest BCUT2D eigenvalue weighted by atomic mass is 16.6. The molecule has 2 fully saturated rings. The molecule has 2 heterocycles. The van der Waals surface area contributed by atoms with Crippen molar-refractivity contribution >= 4 is 15.7 Å². The quantitative estimate of drug-likeness (QED) is 0.397. The average molecular weight is 313 g/mol. The predicted octanol–water partition coefficient (Wildman–Crippen LogP) is -1.88. The van der Waals surface area contributed by atoms with Crippen molar-refractivity contribution in [1.82, 2.24) is 5.32 Å². The van der Waals surface area contributed by atoms with Crippen LogP contribution in [0.15, 0.2) is 0 Å². The second-order valence-electron chi connectivity index (χ2n) is 6.31. The second-order valence-corrected chi connectivity index (χ2v) is 6.31. The maximum absolute atomic E-state index is 5.83. The molecule has 0 aromatic heterocycles. The Labute approximate surface area is 135 Å². The SMILES string of the molecule is B[C@H]1CC(NCCOC[C@H]2O[C@@H](B)CC2OC)[C@@H](COC)O1. The number of hydrogen-bond acceptors (Lipinski definition) is 6. The van der Waals surface area contributed by atoms with Crippen LogP contribution < -0.4 is 5.32 Å². The van der Waals surface area contributed by atoms with Gasteiger partial charge in [-0.25, -0.2) is 0 Å². The van der Waals surface area contributed by atoms with Gasteiger partial charge in [0.2, 0.25) is 0 Å². The Morgan fingerprint density at radius 1 is 1.05 bits per heavy atom. The van der Waals surface area contributed by atoms with Crippen molar-refractivity contribution in [2.45, 2.75) is 49.2 Å². The fourth-order valence-electron chi connectivity index (χ4n) is 3.32. The summed E-state index contributed by atoms with van der Waals surface area (Å²) in [6, 6.07) is 0.881. The lowest BCUT2D eigenvalue weighted by molar-refractivity contribution is -0.0424. The van der Waals surface area contributed by atoms with Crippen molar-refractivity contribution < 1.29 is 23.7 Å². The molecule has 6 nitrogen and oxygen atoms in total. The molecule has 0 aromatic carbocycles. The standard InChI is InChI=1S/C14H29B2NO5/c1-18-7-11-9(5-13(15)21-11)17-3-4-20-8-12-10(19-2)6-14(16)22-12/h9-14,17H,3-8,15-16H2,1-2H3/t9?,10?,11-,12-,13-,14-/m1/s1. The van der Waals surface area contributed by atoms with Crippen molar-refractivity contribution in [2.24, 2.45) is 0 Å². The van der Waals surface area contributed by atoms with Crippen LogP contribution in [0.5, 0.6) is 0 Å². The molecule has 0 spiro atoms. The fraction of sp³-hybridized carbons (Fsp3) is 1.00. The summed E-state index contributed by atoms with van der Waals surface area (Å²) in [4.78, 5) is 0. The molecule has 0 aliphatic carbocycles. The molecule has 0 amide bonds. The summed E-state index contributed by atoms with van der Waals surface area (Å²) in [6.45, 7) is 2.69. The number of rotatable bonds is 9. The molecule has 2 aliphatic rings. The summed E-state index contributed by atoms with van der Waals surface area (Å²) < 4.78 is 28.0. The first-order chi connectivity index (χ1) is 10.6. The van der Waals surface area contributed by atoms with E-state index in [9.17, 15) is 0 Å². The minimum absolute atomic E-state index is 0.0519. The smallest absolute Gasteiger partial charge is 0.139 e. The van der Waals surface area contributed by atoms with E-state index in [0.29, 0.717) is 25.9 Å². The summed E-state index contributed by atoms with van der Waals surface area (Å²) in [5.74, 6) is 0. The number of ether oxygens (including phenoxy) is 5. The molecule has 0 aromatic rings. The monoisotopic (exact) mass is 313 g/mol. The van der Waals surface area contributed by atoms with Crippen LogP contribution in [0, 0.1) is 0 Å². The van der Waals surface area contributed by atoms with Crippen molar-refractivity contribution in [2.75, 3.05) is 40.6 Å². The zero-order valence-corrected chi connectivity index (χ0v) is 14.2. The van der Waals surface area contributed by atoms with E-state index < -0.39 is 0 Å². The molecule has 2 aliphatic heterocycles. The van der Waals surface area contributed by atoms with Crippen molar-refractivity contribution in [1.29, 1.82) is 0 Å². The third-order valence-corrected chi connectivity index (χ3v) is 4.40. The van der Waals surface area contributed by atoms with Crippen LogP contribution >= 0.6 is 0 Å². The Morgan fingerprint density at radius 3 is 2.50 bits per heavy atom. The lowest BCUT2D eigenvalue weighted by Gasteiger charge is -2.20. The van der Waals surface area contributed by atoms with Crippen molar-refractivity contribution in [3.63, 3.8) is 0 Å². The summed E-state index contributed by atoms with van der Waals surface area (Å²) in [7, 11) is 7.62. The van der Waals surface area contributed by atoms with Crippen LogP contribution in [0.1, 0.15) is 12.8 Å². The van der Waals surface area contributed by atoms with Gasteiger partial charge < -0.3 is 29.0 Å². The summed E-state index contributed by atoms with van der Waals surface area (Å²) in [5.41, 5.74) is 0. The van der Waals surface area contributed by atoms with Gasteiger partial charge in [0, 0.05) is 38.8 Å². The summed E-state index contributed by atoms with van der Waals surface area (Å²) >= 11 is 0. The first kappa shape index (κ1) is 18.2. The lowest BCUT2D eigenvalue weighted by Crippen LogP contribution is -2.40. The van der Waals surface area contributed by atoms with E-state index in [0.717, 1.165) is 19.4 Å². The maximum Gasteiger partial charge on any atom is 0.139 e. The lowest BCUT2D eigenvalue weighted by atomic mass is 9.95. The summed E-state index contributed by atoms with van der Waals surface area (Å²) in [6.07, 6.45) is 2.30. The number of hydrogen-bond donors (Lipinski definition) is 1. The minimum Gasteiger partial charge on any atom is -0.382 e. The molecule has 126 valence electrons. The largest absolute Gasteiger partial charge is 0.382 e. The van der Waals surface area contributed by atoms with Gasteiger partial charge in [-0.3, -0.25) is 0 Å². The third-order valence-electron chi connectivity index (χ3n) is 4.40. The zero-order valence-electron chi connectivity index (χ0n) is 14.2. The van der Waals surface area contributed by atoms with Crippen LogP contribution in [-0.2, 0) is 23.7 Å². The van der Waals surface area contributed by atoms with Crippen LogP contribution in [0.3, 0.4) is 0 Å². The number of methoxy groups -OCH3 is 2. The fourth-order valence-corrected chi connectivity index (χ4v) is 3.32. The highest BCUT2D eigenvalue weighted by molar-refractivity contribution is 6.11. The molecule has 22 heavy (non-hydrogen) atoms. The highest BCUT2D eigenvalue weighted by Gasteiger charge is 2.33. The van der Waals surface area contributed by atoms with E-state index in [2.05, 4.69) is 21.0 Å². The molecular formula is C14H29B2NO5. The maximum atomic E-state index is 5.83. The molecule has 2 saturated heterocycles. The van der Waals surface area contributed by atoms with Gasteiger partial charge in [-0.05, 0) is 12.8 Å². The number of nitrogens with one attached hydrogen (secondary N) is 1. The second kappa shape index (κ2) is 9.25. The molecule has 1 N–H and O–H groups in total. The van der Waals surface area contributed by atoms with Crippen LogP contribution in [0.2, 0.25) is 0 Å². The van der Waals surface area contributed by atoms with Crippen molar-refractivity contribution in [3.05, 3.63) is 0 Å². The van der Waals surface area contributed by atoms with Gasteiger partial charge in [0.05, 0.1) is 32.0 Å². The minimum atomic E-state index is 0.0519. The van der Waals surface area contributed by atoms with Crippen molar-refractivity contribution in [3.8, 4) is 0 Å². The van der Waals surface area contributed by atoms with E-state index in [-0.39, 0.29) is 30.3 Å². The molecule has 8 heteroatoms. The van der Waals surface area contributed by atoms with E-state index in [4.69, 9.17) is 23.7 Å². The highest BCUT2D eigenvalue weighted by Crippen LogP contribution is 2.21. The first-order valence-corrected chi connectivity index (χ1v) is 8.27. The molecular weight excluding hydrogens is 284 g/mol. The normalized spacial score (nSPS) is 38.6. The van der Waals surface area contributed by atoms with Gasteiger partial charge in [-0.15, -0.1) is 0 Å². The first-order valence-electron chi connectivity index (χ1n) is 8.27. The Bertz CT molecular complexity index is 326. The Morgan fingerprint density at radius 2 is 1.77 bits per heavy atom. The van der Waals surface area contributed by atoms with Gasteiger partial charge in [0.25, 0.3) is 0 Å². The summed E-state index contributed by atoms with van der Waals surface area (Å²) in [5, 5.41) is 3.50. The van der Waals surface area contributed by atoms with E-state index >= 15 is 0 Å². The van der Waals surface area contributed by atoms with E-state index in [1.54, 1.807) is 14.2 Å². The average Bonchev–Trinajstić information content (AvgIpc) is 3.01. The Kier molecular flexibility index (Phi) is 7.67. The molecule has 0 radical (unpaired) electrons. The zero-order chi connectivity index (χ0) is 15.9. The molecule has 0 bridgehead atoms. The van der Waals surface area contributed by atoms with Crippen LogP contribution in [0.4, 0.5) is 0 Å². The Balaban J connectivity index is 1.59. The predicted molar refractivity (Wildman–Crippen MR) is 88.9 cm³/mol. The molecule has 0 saturated carbocycles. The van der Waals surface area contributed by atoms with E-state index in [1.807, 2.05) is 0 Å². The van der Waals surface area contributed by atoms with E-state index in [1.165, 1.54) is 0 Å². The van der Waals surface area contributed by atoms with Gasteiger partial charge in [0.1, 0.15) is 21.8 Å². The Hall–Kier alpha value is -0.110. The topological polar surface area (TPSA) is 58.2 Å². The van der Waals surface area contributed by atoms with Gasteiger partial charge in [0.15, 0.2) is 0 Å². The van der Waals surface area contributed by atoms with Crippen LogP contribution in [0.25, 0.3) is 0 Å². The molecule has 6 atom stereocenters.